The number of likely N-dealkylation sites (tertiary alicyclic amines) is 1. The summed E-state index contributed by atoms with van der Waals surface area (Å²) in [6, 6.07) is 5.77. The number of alkyl halides is 3. The highest BCUT2D eigenvalue weighted by atomic mass is 19.4. The van der Waals surface area contributed by atoms with Crippen LogP contribution in [0.25, 0.3) is 11.4 Å². The van der Waals surface area contributed by atoms with Crippen LogP contribution in [-0.4, -0.2) is 59.2 Å². The Balaban J connectivity index is 1.47. The van der Waals surface area contributed by atoms with E-state index in [2.05, 4.69) is 20.6 Å². The first-order chi connectivity index (χ1) is 16.3. The number of fused-ring (bicyclic) bond motifs is 2. The molecular weight excluding hydrogens is 450 g/mol. The van der Waals surface area contributed by atoms with Crippen molar-refractivity contribution < 1.29 is 22.4 Å². The van der Waals surface area contributed by atoms with Gasteiger partial charge in [0.1, 0.15) is 5.82 Å². The van der Waals surface area contributed by atoms with Gasteiger partial charge in [0.15, 0.2) is 5.82 Å². The van der Waals surface area contributed by atoms with Crippen LogP contribution in [0.5, 0.6) is 0 Å². The third-order valence-corrected chi connectivity index (χ3v) is 6.20. The van der Waals surface area contributed by atoms with Gasteiger partial charge in [0.25, 0.3) is 5.91 Å². The molecule has 1 aliphatic heterocycles. The minimum atomic E-state index is -4.45. The van der Waals surface area contributed by atoms with Crippen LogP contribution in [-0.2, 0) is 0 Å². The van der Waals surface area contributed by atoms with Crippen LogP contribution < -0.4 is 10.6 Å². The minimum Gasteiger partial charge on any atom is -0.393 e. The van der Waals surface area contributed by atoms with Crippen LogP contribution in [0.1, 0.15) is 23.2 Å². The summed E-state index contributed by atoms with van der Waals surface area (Å²) < 4.78 is 53.8. The predicted octanol–water partition coefficient (Wildman–Crippen LogP) is 3.70. The summed E-state index contributed by atoms with van der Waals surface area (Å²) in [5, 5.41) is 5.64. The first-order valence-corrected chi connectivity index (χ1v) is 11.0. The molecule has 1 saturated carbocycles. The third kappa shape index (κ3) is 4.96. The molecule has 2 heterocycles. The second-order valence-electron chi connectivity index (χ2n) is 8.40. The number of piperidine rings is 1. The van der Waals surface area contributed by atoms with E-state index in [0.29, 0.717) is 12.1 Å². The normalized spacial score (nSPS) is 22.6. The number of allylic oxidation sites excluding steroid dienone is 2. The average Bonchev–Trinajstić information content (AvgIpc) is 3.41. The van der Waals surface area contributed by atoms with Crippen LogP contribution >= 0.6 is 0 Å². The van der Waals surface area contributed by atoms with Crippen molar-refractivity contribution in [3.05, 3.63) is 72.0 Å². The maximum Gasteiger partial charge on any atom is 0.417 e. The molecule has 180 valence electrons. The number of nitrogens with one attached hydrogen (secondary N) is 2. The summed E-state index contributed by atoms with van der Waals surface area (Å²) in [5.74, 6) is -0.536. The number of hydrogen-bond acceptors (Lipinski definition) is 5. The quantitative estimate of drug-likeness (QED) is 0.472. The summed E-state index contributed by atoms with van der Waals surface area (Å²) in [6.07, 6.45) is 3.53. The van der Waals surface area contributed by atoms with Gasteiger partial charge in [0.2, 0.25) is 0 Å². The van der Waals surface area contributed by atoms with E-state index in [-0.39, 0.29) is 35.9 Å². The number of hydrogen-bond donors (Lipinski definition) is 2. The first kappa shape index (κ1) is 23.9. The zero-order valence-corrected chi connectivity index (χ0v) is 18.5. The lowest BCUT2D eigenvalue weighted by molar-refractivity contribution is -0.0885. The van der Waals surface area contributed by atoms with Crippen LogP contribution in [0.4, 0.5) is 17.6 Å². The van der Waals surface area contributed by atoms with Crippen molar-refractivity contribution in [3.8, 4) is 11.4 Å². The van der Waals surface area contributed by atoms with Crippen molar-refractivity contribution in [2.75, 3.05) is 20.1 Å². The van der Waals surface area contributed by atoms with Crippen molar-refractivity contribution >= 4 is 5.91 Å². The fraction of sp³-hybridized carbons (Fsp3) is 0.375. The summed E-state index contributed by atoms with van der Waals surface area (Å²) in [4.78, 5) is 23.4. The van der Waals surface area contributed by atoms with Crippen molar-refractivity contribution in [3.63, 3.8) is 0 Å². The predicted molar refractivity (Wildman–Crippen MR) is 119 cm³/mol. The highest BCUT2D eigenvalue weighted by Gasteiger charge is 2.47. The largest absolute Gasteiger partial charge is 0.417 e. The van der Waals surface area contributed by atoms with Gasteiger partial charge in [0.05, 0.1) is 11.1 Å². The molecule has 1 amide bonds. The highest BCUT2D eigenvalue weighted by Crippen LogP contribution is 2.39. The zero-order valence-electron chi connectivity index (χ0n) is 18.5. The number of benzene rings is 1. The van der Waals surface area contributed by atoms with Gasteiger partial charge in [-0.2, -0.15) is 13.2 Å². The molecule has 1 aliphatic carbocycles. The maximum atomic E-state index is 14.8. The van der Waals surface area contributed by atoms with Gasteiger partial charge in [-0.05, 0) is 30.9 Å². The number of carbonyl (C=O) groups excluding carboxylic acids is 1. The van der Waals surface area contributed by atoms with Crippen molar-refractivity contribution in [1.82, 2.24) is 25.5 Å². The lowest BCUT2D eigenvalue weighted by Crippen LogP contribution is -2.50. The van der Waals surface area contributed by atoms with E-state index in [0.717, 1.165) is 25.1 Å². The van der Waals surface area contributed by atoms with Gasteiger partial charge in [-0.25, -0.2) is 14.4 Å². The van der Waals surface area contributed by atoms with Gasteiger partial charge in [-0.15, -0.1) is 0 Å². The molecule has 6 nitrogen and oxygen atoms in total. The van der Waals surface area contributed by atoms with Crippen LogP contribution in [0.3, 0.4) is 0 Å². The maximum absolute atomic E-state index is 14.8. The molecule has 1 aromatic carbocycles. The Labute approximate surface area is 194 Å². The number of rotatable bonds is 7. The number of amides is 1. The van der Waals surface area contributed by atoms with Crippen LogP contribution in [0.15, 0.2) is 60.6 Å². The smallest absolute Gasteiger partial charge is 0.393 e. The fourth-order valence-electron chi connectivity index (χ4n) is 4.77. The Morgan fingerprint density at radius 2 is 1.97 bits per heavy atom. The summed E-state index contributed by atoms with van der Waals surface area (Å²) in [7, 11) is 1.41. The lowest BCUT2D eigenvalue weighted by Gasteiger charge is -2.34. The van der Waals surface area contributed by atoms with Gasteiger partial charge < -0.3 is 15.5 Å². The molecule has 1 aromatic heterocycles. The Hall–Kier alpha value is -3.27. The van der Waals surface area contributed by atoms with Crippen molar-refractivity contribution in [2.24, 2.45) is 5.92 Å². The number of carbonyl (C=O) groups is 1. The Bertz CT molecular complexity index is 1090. The van der Waals surface area contributed by atoms with E-state index in [1.54, 1.807) is 17.0 Å². The van der Waals surface area contributed by atoms with E-state index in [1.807, 2.05) is 0 Å². The van der Waals surface area contributed by atoms with Gasteiger partial charge in [-0.3, -0.25) is 4.79 Å². The molecule has 3 unspecified atom stereocenters. The molecule has 2 aliphatic rings. The van der Waals surface area contributed by atoms with Crippen molar-refractivity contribution in [2.45, 2.75) is 31.1 Å². The summed E-state index contributed by atoms with van der Waals surface area (Å²) in [6.45, 7) is 0.736. The number of halogens is 4. The molecule has 2 aromatic rings. The Kier molecular flexibility index (Phi) is 6.97. The molecule has 10 heteroatoms. The van der Waals surface area contributed by atoms with Crippen LogP contribution in [0, 0.1) is 11.7 Å². The molecule has 34 heavy (non-hydrogen) atoms. The van der Waals surface area contributed by atoms with E-state index < -0.39 is 23.5 Å². The Morgan fingerprint density at radius 3 is 2.65 bits per heavy atom. The SMILES string of the molecule is CN/C=C(\C=C/CNC1CC2CC1N(C(=O)c1c(F)cccc1-c1ncccn1)C2)C(F)(F)F. The third-order valence-electron chi connectivity index (χ3n) is 6.20. The van der Waals surface area contributed by atoms with E-state index in [4.69, 9.17) is 0 Å². The Morgan fingerprint density at radius 1 is 1.21 bits per heavy atom. The average molecular weight is 475 g/mol. The van der Waals surface area contributed by atoms with E-state index in [9.17, 15) is 22.4 Å². The molecule has 2 N–H and O–H groups in total. The molecule has 1 saturated heterocycles. The van der Waals surface area contributed by atoms with Gasteiger partial charge in [-0.1, -0.05) is 24.3 Å². The topological polar surface area (TPSA) is 70.2 Å². The number of nitrogens with zero attached hydrogens (tertiary/aromatic N) is 3. The summed E-state index contributed by atoms with van der Waals surface area (Å²) >= 11 is 0. The van der Waals surface area contributed by atoms with Crippen molar-refractivity contribution in [1.29, 1.82) is 0 Å². The molecule has 2 fully saturated rings. The molecule has 2 bridgehead atoms. The minimum absolute atomic E-state index is 0.0630. The second-order valence-corrected chi connectivity index (χ2v) is 8.40. The standard InChI is InChI=1S/C24H25F4N5O/c1-29-13-16(24(26,27)28)5-3-8-30-19-11-15-12-20(19)33(14-15)23(34)21-17(6-2-7-18(21)25)22-31-9-4-10-32-22/h2-7,9-10,13,15,19-20,29-30H,8,11-12,14H2,1H3/b5-3-,16-13+. The highest BCUT2D eigenvalue weighted by molar-refractivity contribution is 6.00. The fourth-order valence-corrected chi connectivity index (χ4v) is 4.77. The van der Waals surface area contributed by atoms with Crippen LogP contribution in [0.2, 0.25) is 0 Å². The van der Waals surface area contributed by atoms with E-state index in [1.165, 1.54) is 37.7 Å². The monoisotopic (exact) mass is 475 g/mol. The van der Waals surface area contributed by atoms with Gasteiger partial charge >= 0.3 is 6.18 Å². The van der Waals surface area contributed by atoms with E-state index >= 15 is 0 Å². The zero-order chi connectivity index (χ0) is 24.3. The molecule has 3 atom stereocenters. The summed E-state index contributed by atoms with van der Waals surface area (Å²) in [5.41, 5.74) is -0.513. The number of aromatic nitrogens is 2. The molecule has 0 spiro atoms. The molecule has 4 rings (SSSR count). The lowest BCUT2D eigenvalue weighted by atomic mass is 10.0. The second kappa shape index (κ2) is 9.92. The first-order valence-electron chi connectivity index (χ1n) is 11.0. The molecule has 0 radical (unpaired) electrons. The molecular formula is C24H25F4N5O. The van der Waals surface area contributed by atoms with Gasteiger partial charge in [0, 0.05) is 56.4 Å².